The minimum Gasteiger partial charge on any atom is -0.372 e. The molecule has 4 heteroatoms. The van der Waals surface area contributed by atoms with Gasteiger partial charge in [-0.25, -0.2) is 4.37 Å². The summed E-state index contributed by atoms with van der Waals surface area (Å²) in [5, 5.41) is 1.97. The van der Waals surface area contributed by atoms with Crippen LogP contribution in [0.4, 0.5) is 0 Å². The molecule has 2 N–H and O–H groups in total. The molecule has 3 nitrogen and oxygen atoms in total. The van der Waals surface area contributed by atoms with Gasteiger partial charge in [0.05, 0.1) is 6.10 Å². The SMILES string of the molecule is CCOC(CN)c1cnsc1. The Bertz CT molecular complexity index is 188. The molecule has 1 unspecified atom stereocenters. The quantitative estimate of drug-likeness (QED) is 0.742. The summed E-state index contributed by atoms with van der Waals surface area (Å²) in [5.41, 5.74) is 6.58. The van der Waals surface area contributed by atoms with Gasteiger partial charge in [0.15, 0.2) is 0 Å². The molecule has 0 radical (unpaired) electrons. The molecule has 1 atom stereocenters. The second-order valence-corrected chi connectivity index (χ2v) is 2.79. The topological polar surface area (TPSA) is 48.1 Å². The van der Waals surface area contributed by atoms with Crippen LogP contribution in [0.5, 0.6) is 0 Å². The van der Waals surface area contributed by atoms with Gasteiger partial charge in [0, 0.05) is 30.3 Å². The Balaban J connectivity index is 2.56. The average molecular weight is 172 g/mol. The minimum absolute atomic E-state index is 0.0266. The first-order valence-corrected chi connectivity index (χ1v) is 4.43. The van der Waals surface area contributed by atoms with Gasteiger partial charge in [-0.3, -0.25) is 0 Å². The first kappa shape index (κ1) is 8.64. The predicted octanol–water partition coefficient (Wildman–Crippen LogP) is 1.18. The standard InChI is InChI=1S/C7H12N2OS/c1-2-10-7(3-8)6-4-9-11-5-6/h4-5,7H,2-3,8H2,1H3. The van der Waals surface area contributed by atoms with Gasteiger partial charge in [-0.15, -0.1) is 0 Å². The third kappa shape index (κ3) is 2.25. The third-order valence-corrected chi connectivity index (χ3v) is 2.01. The molecule has 62 valence electrons. The van der Waals surface area contributed by atoms with Crippen LogP contribution in [-0.4, -0.2) is 17.5 Å². The fourth-order valence-electron chi connectivity index (χ4n) is 0.874. The van der Waals surface area contributed by atoms with Crippen LogP contribution in [0.2, 0.25) is 0 Å². The Morgan fingerprint density at radius 2 is 2.64 bits per heavy atom. The van der Waals surface area contributed by atoms with Crippen molar-refractivity contribution < 1.29 is 4.74 Å². The lowest BCUT2D eigenvalue weighted by molar-refractivity contribution is 0.0690. The lowest BCUT2D eigenvalue weighted by Crippen LogP contribution is -2.14. The maximum absolute atomic E-state index is 5.50. The van der Waals surface area contributed by atoms with Crippen LogP contribution in [0.15, 0.2) is 11.6 Å². The molecule has 0 saturated heterocycles. The van der Waals surface area contributed by atoms with E-state index in [-0.39, 0.29) is 6.10 Å². The van der Waals surface area contributed by atoms with Crippen LogP contribution in [0, 0.1) is 0 Å². The van der Waals surface area contributed by atoms with Gasteiger partial charge in [-0.05, 0) is 18.5 Å². The van der Waals surface area contributed by atoms with Gasteiger partial charge in [0.25, 0.3) is 0 Å². The van der Waals surface area contributed by atoms with E-state index >= 15 is 0 Å². The maximum atomic E-state index is 5.50. The van der Waals surface area contributed by atoms with Crippen LogP contribution in [0.25, 0.3) is 0 Å². The molecule has 0 aliphatic carbocycles. The first-order valence-electron chi connectivity index (χ1n) is 3.59. The van der Waals surface area contributed by atoms with Crippen molar-refractivity contribution in [3.63, 3.8) is 0 Å². The molecule has 1 heterocycles. The number of aromatic nitrogens is 1. The average Bonchev–Trinajstić information content (AvgIpc) is 2.52. The number of rotatable bonds is 4. The fourth-order valence-corrected chi connectivity index (χ4v) is 1.45. The third-order valence-electron chi connectivity index (χ3n) is 1.41. The van der Waals surface area contributed by atoms with Crippen LogP contribution >= 0.6 is 11.5 Å². The Morgan fingerprint density at radius 1 is 1.82 bits per heavy atom. The minimum atomic E-state index is 0.0266. The van der Waals surface area contributed by atoms with E-state index in [0.717, 1.165) is 5.56 Å². The highest BCUT2D eigenvalue weighted by Crippen LogP contribution is 2.16. The highest BCUT2D eigenvalue weighted by atomic mass is 32.1. The largest absolute Gasteiger partial charge is 0.372 e. The Kier molecular flexibility index (Phi) is 3.48. The lowest BCUT2D eigenvalue weighted by atomic mass is 10.2. The molecule has 0 aromatic carbocycles. The fraction of sp³-hybridized carbons (Fsp3) is 0.571. The van der Waals surface area contributed by atoms with Gasteiger partial charge in [0.1, 0.15) is 0 Å². The first-order chi connectivity index (χ1) is 5.38. The highest BCUT2D eigenvalue weighted by Gasteiger charge is 2.09. The summed E-state index contributed by atoms with van der Waals surface area (Å²) in [5.74, 6) is 0. The monoisotopic (exact) mass is 172 g/mol. The summed E-state index contributed by atoms with van der Waals surface area (Å²) in [6, 6.07) is 0. The van der Waals surface area contributed by atoms with Gasteiger partial charge < -0.3 is 10.5 Å². The van der Waals surface area contributed by atoms with Gasteiger partial charge in [-0.2, -0.15) is 0 Å². The van der Waals surface area contributed by atoms with Gasteiger partial charge in [0.2, 0.25) is 0 Å². The summed E-state index contributed by atoms with van der Waals surface area (Å²) in [4.78, 5) is 0. The van der Waals surface area contributed by atoms with Crippen LogP contribution in [-0.2, 0) is 4.74 Å². The van der Waals surface area contributed by atoms with Crippen molar-refractivity contribution in [2.75, 3.05) is 13.2 Å². The van der Waals surface area contributed by atoms with Crippen LogP contribution in [0.3, 0.4) is 0 Å². The van der Waals surface area contributed by atoms with Crippen molar-refractivity contribution in [2.45, 2.75) is 13.0 Å². The zero-order valence-electron chi connectivity index (χ0n) is 6.49. The zero-order valence-corrected chi connectivity index (χ0v) is 7.30. The smallest absolute Gasteiger partial charge is 0.0970 e. The van der Waals surface area contributed by atoms with Crippen molar-refractivity contribution >= 4 is 11.5 Å². The molecule has 11 heavy (non-hydrogen) atoms. The molecule has 0 saturated carbocycles. The van der Waals surface area contributed by atoms with E-state index < -0.39 is 0 Å². The zero-order chi connectivity index (χ0) is 8.10. The van der Waals surface area contributed by atoms with E-state index in [0.29, 0.717) is 13.2 Å². The van der Waals surface area contributed by atoms with Gasteiger partial charge in [-0.1, -0.05) is 0 Å². The predicted molar refractivity (Wildman–Crippen MR) is 45.5 cm³/mol. The second-order valence-electron chi connectivity index (χ2n) is 2.14. The Labute approximate surface area is 70.3 Å². The normalized spacial score (nSPS) is 13.3. The van der Waals surface area contributed by atoms with Crippen molar-refractivity contribution in [3.05, 3.63) is 17.1 Å². The van der Waals surface area contributed by atoms with Crippen LogP contribution in [0.1, 0.15) is 18.6 Å². The van der Waals surface area contributed by atoms with E-state index in [1.165, 1.54) is 11.5 Å². The van der Waals surface area contributed by atoms with Crippen molar-refractivity contribution in [3.8, 4) is 0 Å². The summed E-state index contributed by atoms with van der Waals surface area (Å²) < 4.78 is 9.36. The molecule has 0 aliphatic rings. The number of hydrogen-bond donors (Lipinski definition) is 1. The van der Waals surface area contributed by atoms with E-state index in [1.54, 1.807) is 6.20 Å². The number of nitrogens with two attached hydrogens (primary N) is 1. The lowest BCUT2D eigenvalue weighted by Gasteiger charge is -2.11. The number of nitrogens with zero attached hydrogens (tertiary/aromatic N) is 1. The molecule has 1 aromatic heterocycles. The second kappa shape index (κ2) is 4.43. The summed E-state index contributed by atoms with van der Waals surface area (Å²) in [7, 11) is 0. The van der Waals surface area contributed by atoms with E-state index in [1.807, 2.05) is 12.3 Å². The molecule has 0 bridgehead atoms. The van der Waals surface area contributed by atoms with E-state index in [9.17, 15) is 0 Å². The summed E-state index contributed by atoms with van der Waals surface area (Å²) in [6.07, 6.45) is 1.83. The summed E-state index contributed by atoms with van der Waals surface area (Å²) in [6.45, 7) is 3.17. The number of ether oxygens (including phenoxy) is 1. The van der Waals surface area contributed by atoms with E-state index in [2.05, 4.69) is 4.37 Å². The van der Waals surface area contributed by atoms with Crippen LogP contribution < -0.4 is 5.73 Å². The Hall–Kier alpha value is -0.450. The molecule has 1 rings (SSSR count). The van der Waals surface area contributed by atoms with E-state index in [4.69, 9.17) is 10.5 Å². The highest BCUT2D eigenvalue weighted by molar-refractivity contribution is 7.03. The maximum Gasteiger partial charge on any atom is 0.0970 e. The van der Waals surface area contributed by atoms with Crippen molar-refractivity contribution in [2.24, 2.45) is 5.73 Å². The molecule has 0 amide bonds. The number of hydrogen-bond acceptors (Lipinski definition) is 4. The van der Waals surface area contributed by atoms with Crippen molar-refractivity contribution in [1.82, 2.24) is 4.37 Å². The molecule has 0 aliphatic heterocycles. The molecular formula is C7H12N2OS. The molecule has 0 fully saturated rings. The molecular weight excluding hydrogens is 160 g/mol. The molecule has 0 spiro atoms. The van der Waals surface area contributed by atoms with Gasteiger partial charge >= 0.3 is 0 Å². The summed E-state index contributed by atoms with van der Waals surface area (Å²) >= 11 is 1.42. The Morgan fingerprint density at radius 3 is 3.09 bits per heavy atom. The van der Waals surface area contributed by atoms with Crippen molar-refractivity contribution in [1.29, 1.82) is 0 Å². The molecule has 1 aromatic rings.